The molecule has 2 aromatic rings. The number of nitrogens with zero attached hydrogens (tertiary/aromatic N) is 1. The second kappa shape index (κ2) is 9.02. The summed E-state index contributed by atoms with van der Waals surface area (Å²) in [6.45, 7) is 9.40. The van der Waals surface area contributed by atoms with Crippen molar-refractivity contribution in [3.05, 3.63) is 65.7 Å². The quantitative estimate of drug-likeness (QED) is 0.530. The highest BCUT2D eigenvalue weighted by atomic mass is 16.6. The summed E-state index contributed by atoms with van der Waals surface area (Å²) < 4.78 is 11.4. The third kappa shape index (κ3) is 4.93. The molecule has 0 bridgehead atoms. The molecule has 0 spiro atoms. The van der Waals surface area contributed by atoms with Crippen molar-refractivity contribution >= 4 is 17.9 Å². The van der Waals surface area contributed by atoms with Crippen molar-refractivity contribution in [1.82, 2.24) is 10.2 Å². The van der Waals surface area contributed by atoms with E-state index in [0.29, 0.717) is 24.3 Å². The van der Waals surface area contributed by atoms with Crippen LogP contribution in [0.2, 0.25) is 0 Å². The van der Waals surface area contributed by atoms with Crippen molar-refractivity contribution in [1.29, 1.82) is 0 Å². The molecule has 0 aromatic heterocycles. The topological polar surface area (TPSA) is 84.9 Å². The van der Waals surface area contributed by atoms with E-state index in [2.05, 4.69) is 5.32 Å². The molecule has 0 unspecified atom stereocenters. The second-order valence-corrected chi connectivity index (χ2v) is 9.09. The van der Waals surface area contributed by atoms with Gasteiger partial charge in [-0.15, -0.1) is 0 Å². The zero-order valence-electron chi connectivity index (χ0n) is 19.2. The fourth-order valence-electron chi connectivity index (χ4n) is 3.41. The molecule has 1 N–H and O–H groups in total. The fraction of sp³-hybridized carbons (Fsp3) is 0.400. The van der Waals surface area contributed by atoms with Gasteiger partial charge in [0.25, 0.3) is 0 Å². The Kier molecular flexibility index (Phi) is 6.57. The molecule has 1 fully saturated rings. The van der Waals surface area contributed by atoms with Crippen LogP contribution in [-0.4, -0.2) is 34.6 Å². The number of likely N-dealkylation sites (tertiary alicyclic amines) is 1. The van der Waals surface area contributed by atoms with Crippen LogP contribution in [0.5, 0.6) is 5.75 Å². The molecule has 1 heterocycles. The van der Waals surface area contributed by atoms with Gasteiger partial charge in [0, 0.05) is 6.54 Å². The molecule has 1 aliphatic heterocycles. The maximum absolute atomic E-state index is 12.8. The Bertz CT molecular complexity index is 982. The fourth-order valence-corrected chi connectivity index (χ4v) is 3.41. The average Bonchev–Trinajstić information content (AvgIpc) is 2.76. The summed E-state index contributed by atoms with van der Waals surface area (Å²) in [5.74, 6) is -0.250. The van der Waals surface area contributed by atoms with Crippen LogP contribution in [0.3, 0.4) is 0 Å². The Hall–Kier alpha value is -3.35. The van der Waals surface area contributed by atoms with Crippen LogP contribution in [0.4, 0.5) is 4.79 Å². The molecule has 2 atom stereocenters. The lowest BCUT2D eigenvalue weighted by Gasteiger charge is -2.51. The number of carbonyl (C=O) groups excluding carboxylic acids is 3. The smallest absolute Gasteiger partial charge is 0.338 e. The predicted octanol–water partition coefficient (Wildman–Crippen LogP) is 4.52. The second-order valence-electron chi connectivity index (χ2n) is 9.09. The van der Waals surface area contributed by atoms with Gasteiger partial charge in [0.2, 0.25) is 5.91 Å². The number of ether oxygens (including phenoxy) is 2. The number of urea groups is 1. The van der Waals surface area contributed by atoms with Gasteiger partial charge in [0.1, 0.15) is 16.8 Å². The minimum atomic E-state index is -0.812. The summed E-state index contributed by atoms with van der Waals surface area (Å²) in [4.78, 5) is 38.8. The number of hydrogen-bond donors (Lipinski definition) is 1. The van der Waals surface area contributed by atoms with Gasteiger partial charge in [0.05, 0.1) is 5.56 Å². The van der Waals surface area contributed by atoms with Crippen LogP contribution in [0.15, 0.2) is 54.6 Å². The van der Waals surface area contributed by atoms with E-state index in [-0.39, 0.29) is 5.91 Å². The van der Waals surface area contributed by atoms with Crippen molar-refractivity contribution in [2.75, 3.05) is 0 Å². The monoisotopic (exact) mass is 438 g/mol. The third-order valence-electron chi connectivity index (χ3n) is 5.46. The average molecular weight is 439 g/mol. The van der Waals surface area contributed by atoms with Crippen LogP contribution in [0.1, 0.15) is 57.0 Å². The van der Waals surface area contributed by atoms with E-state index in [0.717, 1.165) is 10.5 Å². The minimum absolute atomic E-state index is 0.277. The SMILES string of the molecule is CC[C@@]1(C)C(=O)N(C(=O)NCc2ccccc2)[C@@H]1Oc1ccc(C(=O)OC(C)(C)C)cc1. The number of imide groups is 1. The van der Waals surface area contributed by atoms with Gasteiger partial charge in [0.15, 0.2) is 6.23 Å². The summed E-state index contributed by atoms with van der Waals surface area (Å²) in [6, 6.07) is 15.4. The first-order valence-electron chi connectivity index (χ1n) is 10.7. The molecule has 1 saturated heterocycles. The highest BCUT2D eigenvalue weighted by Gasteiger charge is 2.61. The number of amides is 3. The lowest BCUT2D eigenvalue weighted by Crippen LogP contribution is -2.72. The van der Waals surface area contributed by atoms with E-state index < -0.39 is 29.2 Å². The number of esters is 1. The van der Waals surface area contributed by atoms with Crippen LogP contribution in [0, 0.1) is 5.41 Å². The minimum Gasteiger partial charge on any atom is -0.469 e. The maximum atomic E-state index is 12.8. The zero-order valence-corrected chi connectivity index (χ0v) is 19.2. The Morgan fingerprint density at radius 2 is 1.69 bits per heavy atom. The van der Waals surface area contributed by atoms with E-state index in [1.54, 1.807) is 52.0 Å². The van der Waals surface area contributed by atoms with Crippen LogP contribution in [0.25, 0.3) is 0 Å². The van der Waals surface area contributed by atoms with Gasteiger partial charge in [-0.25, -0.2) is 14.5 Å². The first-order chi connectivity index (χ1) is 15.0. The molecule has 32 heavy (non-hydrogen) atoms. The van der Waals surface area contributed by atoms with E-state index in [1.165, 1.54) is 0 Å². The van der Waals surface area contributed by atoms with Crippen molar-refractivity contribution in [3.8, 4) is 5.75 Å². The highest BCUT2D eigenvalue weighted by Crippen LogP contribution is 2.43. The Morgan fingerprint density at radius 1 is 1.06 bits per heavy atom. The summed E-state index contributed by atoms with van der Waals surface area (Å²) in [6.07, 6.45) is -0.224. The summed E-state index contributed by atoms with van der Waals surface area (Å²) in [5.41, 5.74) is -0.0711. The summed E-state index contributed by atoms with van der Waals surface area (Å²) in [5, 5.41) is 2.78. The highest BCUT2D eigenvalue weighted by molar-refractivity contribution is 6.03. The zero-order chi connectivity index (χ0) is 23.5. The number of benzene rings is 2. The number of hydrogen-bond acceptors (Lipinski definition) is 5. The Labute approximate surface area is 188 Å². The lowest BCUT2D eigenvalue weighted by molar-refractivity contribution is -0.186. The molecule has 3 rings (SSSR count). The van der Waals surface area contributed by atoms with Gasteiger partial charge >= 0.3 is 12.0 Å². The molecule has 2 aromatic carbocycles. The van der Waals surface area contributed by atoms with Crippen LogP contribution >= 0.6 is 0 Å². The van der Waals surface area contributed by atoms with E-state index in [4.69, 9.17) is 9.47 Å². The standard InChI is InChI=1S/C25H30N2O5/c1-6-25(5)21(29)27(23(30)26-16-17-10-8-7-9-11-17)22(25)31-19-14-12-18(13-15-19)20(28)32-24(2,3)4/h7-15,22H,6,16H2,1-5H3,(H,26,30)/t22-,25+/m1/s1. The van der Waals surface area contributed by atoms with E-state index in [1.807, 2.05) is 37.3 Å². The number of rotatable bonds is 6. The molecular formula is C25H30N2O5. The molecule has 0 aliphatic carbocycles. The summed E-state index contributed by atoms with van der Waals surface area (Å²) in [7, 11) is 0. The van der Waals surface area contributed by atoms with Crippen molar-refractivity contribution < 1.29 is 23.9 Å². The van der Waals surface area contributed by atoms with Crippen molar-refractivity contribution in [2.24, 2.45) is 5.41 Å². The number of carbonyl (C=O) groups is 3. The van der Waals surface area contributed by atoms with E-state index >= 15 is 0 Å². The molecular weight excluding hydrogens is 408 g/mol. The molecule has 0 radical (unpaired) electrons. The lowest BCUT2D eigenvalue weighted by atomic mass is 9.76. The Balaban J connectivity index is 1.70. The van der Waals surface area contributed by atoms with Crippen LogP contribution in [-0.2, 0) is 16.1 Å². The van der Waals surface area contributed by atoms with Gasteiger partial charge < -0.3 is 14.8 Å². The molecule has 1 aliphatic rings. The molecule has 3 amide bonds. The Morgan fingerprint density at radius 3 is 2.25 bits per heavy atom. The predicted molar refractivity (Wildman–Crippen MR) is 120 cm³/mol. The molecule has 7 nitrogen and oxygen atoms in total. The molecule has 7 heteroatoms. The normalized spacial score (nSPS) is 20.3. The van der Waals surface area contributed by atoms with Gasteiger partial charge in [-0.1, -0.05) is 37.3 Å². The third-order valence-corrected chi connectivity index (χ3v) is 5.46. The first-order valence-corrected chi connectivity index (χ1v) is 10.7. The van der Waals surface area contributed by atoms with Crippen molar-refractivity contribution in [2.45, 2.75) is 59.4 Å². The van der Waals surface area contributed by atoms with Crippen molar-refractivity contribution in [3.63, 3.8) is 0 Å². The molecule has 170 valence electrons. The van der Waals surface area contributed by atoms with E-state index in [9.17, 15) is 14.4 Å². The molecule has 0 saturated carbocycles. The van der Waals surface area contributed by atoms with Crippen LogP contribution < -0.4 is 10.1 Å². The van der Waals surface area contributed by atoms with Gasteiger partial charge in [-0.05, 0) is 63.9 Å². The first kappa shape index (κ1) is 23.3. The number of β-lactam (4-membered cyclic amide) rings is 1. The van der Waals surface area contributed by atoms with Gasteiger partial charge in [-0.3, -0.25) is 4.79 Å². The number of nitrogens with one attached hydrogen (secondary N) is 1. The largest absolute Gasteiger partial charge is 0.469 e. The maximum Gasteiger partial charge on any atom is 0.338 e. The van der Waals surface area contributed by atoms with Gasteiger partial charge in [-0.2, -0.15) is 0 Å². The summed E-state index contributed by atoms with van der Waals surface area (Å²) >= 11 is 0.